The van der Waals surface area contributed by atoms with Gasteiger partial charge >= 0.3 is 0 Å². The summed E-state index contributed by atoms with van der Waals surface area (Å²) in [5.74, 6) is 1.51. The molecular weight excluding hydrogens is 356 g/mol. The fourth-order valence-corrected chi connectivity index (χ4v) is 3.35. The lowest BCUT2D eigenvalue weighted by Gasteiger charge is -2.24. The molecule has 136 valence electrons. The zero-order valence-corrected chi connectivity index (χ0v) is 15.0. The van der Waals surface area contributed by atoms with E-state index in [1.165, 1.54) is 0 Å². The van der Waals surface area contributed by atoms with Gasteiger partial charge in [-0.2, -0.15) is 5.10 Å². The van der Waals surface area contributed by atoms with Gasteiger partial charge in [0.1, 0.15) is 10.7 Å². The van der Waals surface area contributed by atoms with Gasteiger partial charge in [-0.3, -0.25) is 15.0 Å². The molecule has 3 heterocycles. The number of halogens is 1. The van der Waals surface area contributed by atoms with Crippen molar-refractivity contribution in [1.82, 2.24) is 20.1 Å². The molecule has 3 aromatic rings. The largest absolute Gasteiger partial charge is 0.454 e. The Labute approximate surface area is 155 Å². The number of rotatable bonds is 6. The van der Waals surface area contributed by atoms with Gasteiger partial charge in [-0.15, -0.1) is 0 Å². The Morgan fingerprint density at radius 3 is 2.96 bits per heavy atom. The summed E-state index contributed by atoms with van der Waals surface area (Å²) < 4.78 is 10.8. The predicted octanol–water partition coefficient (Wildman–Crippen LogP) is 2.72. The molecule has 8 heteroatoms. The van der Waals surface area contributed by atoms with Crippen LogP contribution in [0.5, 0.6) is 11.5 Å². The molecule has 1 aliphatic rings. The average molecular weight is 375 g/mol. The summed E-state index contributed by atoms with van der Waals surface area (Å²) >= 11 is 6.11. The summed E-state index contributed by atoms with van der Waals surface area (Å²) in [4.78, 5) is 6.40. The van der Waals surface area contributed by atoms with Crippen molar-refractivity contribution in [2.75, 3.05) is 13.3 Å². The van der Waals surface area contributed by atoms with Crippen LogP contribution >= 0.6 is 11.6 Å². The molecule has 0 saturated heterocycles. The van der Waals surface area contributed by atoms with Crippen LogP contribution in [0.1, 0.15) is 18.1 Å². The van der Waals surface area contributed by atoms with Crippen LogP contribution in [0.15, 0.2) is 30.6 Å². The van der Waals surface area contributed by atoms with Crippen molar-refractivity contribution in [2.24, 2.45) is 0 Å². The number of hydrogen-bond acceptors (Lipinski definition) is 6. The Bertz CT molecular complexity index is 928. The van der Waals surface area contributed by atoms with Crippen molar-refractivity contribution in [3.63, 3.8) is 0 Å². The van der Waals surface area contributed by atoms with Crippen molar-refractivity contribution in [3.05, 3.63) is 46.9 Å². The quantitative estimate of drug-likeness (QED) is 0.690. The number of ether oxygens (including phenoxy) is 2. The Kier molecular flexibility index (Phi) is 4.67. The van der Waals surface area contributed by atoms with Gasteiger partial charge in [-0.1, -0.05) is 17.7 Å². The Hall–Kier alpha value is -2.35. The zero-order valence-electron chi connectivity index (χ0n) is 14.3. The molecule has 0 fully saturated rings. The van der Waals surface area contributed by atoms with Gasteiger partial charge < -0.3 is 14.6 Å². The molecule has 0 saturated carbocycles. The Morgan fingerprint density at radius 2 is 2.12 bits per heavy atom. The molecule has 2 N–H and O–H groups in total. The van der Waals surface area contributed by atoms with Gasteiger partial charge in [-0.25, -0.2) is 0 Å². The first kappa shape index (κ1) is 17.1. The lowest BCUT2D eigenvalue weighted by atomic mass is 10.1. The maximum Gasteiger partial charge on any atom is 0.231 e. The highest BCUT2D eigenvalue weighted by Gasteiger charge is 2.17. The molecule has 0 amide bonds. The molecule has 1 atom stereocenters. The van der Waals surface area contributed by atoms with E-state index in [9.17, 15) is 5.11 Å². The average Bonchev–Trinajstić information content (AvgIpc) is 3.21. The number of H-pyrrole nitrogens is 1. The van der Waals surface area contributed by atoms with Crippen molar-refractivity contribution < 1.29 is 14.6 Å². The maximum absolute atomic E-state index is 9.91. The van der Waals surface area contributed by atoms with Crippen molar-refractivity contribution in [3.8, 4) is 11.5 Å². The van der Waals surface area contributed by atoms with E-state index in [1.807, 2.05) is 18.2 Å². The number of nitrogens with one attached hydrogen (secondary N) is 1. The lowest BCUT2D eigenvalue weighted by Crippen LogP contribution is -2.30. The molecule has 0 bridgehead atoms. The summed E-state index contributed by atoms with van der Waals surface area (Å²) in [6, 6.07) is 5.89. The van der Waals surface area contributed by atoms with E-state index in [0.717, 1.165) is 33.5 Å². The topological polar surface area (TPSA) is 83.5 Å². The first-order valence-electron chi connectivity index (χ1n) is 8.35. The molecule has 0 radical (unpaired) electrons. The van der Waals surface area contributed by atoms with Gasteiger partial charge in [-0.05, 0) is 24.6 Å². The fraction of sp³-hybridized carbons (Fsp3) is 0.333. The minimum Gasteiger partial charge on any atom is -0.454 e. The normalized spacial score (nSPS) is 14.3. The highest BCUT2D eigenvalue weighted by atomic mass is 35.5. The zero-order chi connectivity index (χ0) is 18.1. The second-order valence-electron chi connectivity index (χ2n) is 6.44. The third kappa shape index (κ3) is 3.46. The molecule has 1 aliphatic heterocycles. The number of hydrogen-bond donors (Lipinski definition) is 2. The fourth-order valence-electron chi connectivity index (χ4n) is 3.17. The van der Waals surface area contributed by atoms with Gasteiger partial charge in [0.15, 0.2) is 11.5 Å². The molecule has 7 nitrogen and oxygen atoms in total. The molecule has 4 rings (SSSR count). The predicted molar refractivity (Wildman–Crippen MR) is 97.3 cm³/mol. The molecule has 0 aliphatic carbocycles. The highest BCUT2D eigenvalue weighted by Crippen LogP contribution is 2.33. The third-order valence-electron chi connectivity index (χ3n) is 4.26. The van der Waals surface area contributed by atoms with Crippen molar-refractivity contribution in [2.45, 2.75) is 26.1 Å². The van der Waals surface area contributed by atoms with E-state index in [4.69, 9.17) is 21.1 Å². The number of aromatic nitrogens is 3. The molecule has 1 aromatic carbocycles. The summed E-state index contributed by atoms with van der Waals surface area (Å²) in [5, 5.41) is 18.2. The van der Waals surface area contributed by atoms with Crippen LogP contribution in [0.2, 0.25) is 5.15 Å². The molecule has 2 aromatic heterocycles. The summed E-state index contributed by atoms with van der Waals surface area (Å²) in [7, 11) is 0. The summed E-state index contributed by atoms with van der Waals surface area (Å²) in [5.41, 5.74) is 2.83. The van der Waals surface area contributed by atoms with Crippen LogP contribution in [0, 0.1) is 0 Å². The van der Waals surface area contributed by atoms with E-state index in [1.54, 1.807) is 19.3 Å². The molecule has 26 heavy (non-hydrogen) atoms. The number of aliphatic hydroxyl groups is 1. The monoisotopic (exact) mass is 374 g/mol. The van der Waals surface area contributed by atoms with Crippen LogP contribution in [0.3, 0.4) is 0 Å². The Morgan fingerprint density at radius 1 is 1.27 bits per heavy atom. The van der Waals surface area contributed by atoms with Gasteiger partial charge in [0.2, 0.25) is 6.79 Å². The van der Waals surface area contributed by atoms with E-state index >= 15 is 0 Å². The van der Waals surface area contributed by atoms with E-state index in [-0.39, 0.29) is 6.79 Å². The van der Waals surface area contributed by atoms with Crippen molar-refractivity contribution in [1.29, 1.82) is 0 Å². The summed E-state index contributed by atoms with van der Waals surface area (Å²) in [6.07, 6.45) is 3.02. The smallest absolute Gasteiger partial charge is 0.231 e. The third-order valence-corrected chi connectivity index (χ3v) is 4.54. The molecule has 0 spiro atoms. The minimum atomic E-state index is -0.459. The molecule has 1 unspecified atom stereocenters. The number of pyridine rings is 1. The number of aromatic amines is 1. The first-order chi connectivity index (χ1) is 12.6. The van der Waals surface area contributed by atoms with E-state index in [2.05, 4.69) is 20.1 Å². The number of fused-ring (bicyclic) bond motifs is 2. The highest BCUT2D eigenvalue weighted by molar-refractivity contribution is 6.34. The second kappa shape index (κ2) is 7.11. The lowest BCUT2D eigenvalue weighted by molar-refractivity contribution is 0.118. The Balaban J connectivity index is 1.58. The maximum atomic E-state index is 9.91. The van der Waals surface area contributed by atoms with Crippen molar-refractivity contribution >= 4 is 22.5 Å². The minimum absolute atomic E-state index is 0.254. The van der Waals surface area contributed by atoms with E-state index < -0.39 is 6.10 Å². The van der Waals surface area contributed by atoms with Crippen LogP contribution in [-0.4, -0.2) is 44.6 Å². The first-order valence-corrected chi connectivity index (χ1v) is 8.73. The van der Waals surface area contributed by atoms with Crippen LogP contribution < -0.4 is 9.47 Å². The van der Waals surface area contributed by atoms with Crippen LogP contribution in [-0.2, 0) is 13.1 Å². The second-order valence-corrected chi connectivity index (χ2v) is 6.82. The van der Waals surface area contributed by atoms with Gasteiger partial charge in [0.25, 0.3) is 0 Å². The van der Waals surface area contributed by atoms with Crippen LogP contribution in [0.25, 0.3) is 10.9 Å². The summed E-state index contributed by atoms with van der Waals surface area (Å²) in [6.45, 7) is 3.78. The molecular formula is C18H19ClN4O3. The number of nitrogens with zero attached hydrogens (tertiary/aromatic N) is 3. The number of aliphatic hydroxyl groups excluding tert-OH is 1. The van der Waals surface area contributed by atoms with Gasteiger partial charge in [0, 0.05) is 37.6 Å². The van der Waals surface area contributed by atoms with Crippen LogP contribution in [0.4, 0.5) is 0 Å². The number of benzene rings is 1. The SMILES string of the molecule is CC(O)CN(Cc1ccc2c(c1)OCO2)Cc1cncc2c(Cl)[nH]nc12. The standard InChI is InChI=1S/C18H19ClN4O3/c1-11(24)7-23(8-12-2-3-15-16(4-12)26-10-25-15)9-13-5-20-6-14-17(13)21-22-18(14)19/h2-6,11,24H,7-10H2,1H3,(H,21,22). The van der Waals surface area contributed by atoms with Gasteiger partial charge in [0.05, 0.1) is 11.5 Å². The van der Waals surface area contributed by atoms with E-state index in [0.29, 0.717) is 24.8 Å².